The Morgan fingerprint density at radius 3 is 3.00 bits per heavy atom. The van der Waals surface area contributed by atoms with E-state index in [1.807, 2.05) is 20.2 Å². The Balaban J connectivity index is 2.74. The van der Waals surface area contributed by atoms with Gasteiger partial charge in [0.15, 0.2) is 0 Å². The molecule has 1 rings (SSSR count). The van der Waals surface area contributed by atoms with Gasteiger partial charge in [-0.1, -0.05) is 0 Å². The van der Waals surface area contributed by atoms with Gasteiger partial charge in [0.1, 0.15) is 0 Å². The van der Waals surface area contributed by atoms with Crippen LogP contribution in [0.5, 0.6) is 0 Å². The van der Waals surface area contributed by atoms with E-state index < -0.39 is 0 Å². The van der Waals surface area contributed by atoms with Crippen LogP contribution in [0.3, 0.4) is 0 Å². The molecule has 1 heterocycles. The molecular weight excluding hydrogens is 170 g/mol. The summed E-state index contributed by atoms with van der Waals surface area (Å²) in [5.41, 5.74) is 8.00. The van der Waals surface area contributed by atoms with Gasteiger partial charge in [-0.15, -0.1) is 0 Å². The molecule has 0 radical (unpaired) electrons. The number of hydrogen-bond donors (Lipinski definition) is 3. The van der Waals surface area contributed by atoms with Crippen LogP contribution in [-0.2, 0) is 7.05 Å². The van der Waals surface area contributed by atoms with Crippen LogP contribution in [0.15, 0.2) is 17.4 Å². The smallest absolute Gasteiger partial charge is 0.213 e. The quantitative estimate of drug-likeness (QED) is 0.336. The number of nitrogens with two attached hydrogens (primary N) is 1. The van der Waals surface area contributed by atoms with E-state index >= 15 is 0 Å². The topological polar surface area (TPSA) is 88.5 Å². The molecule has 0 aromatic carbocycles. The van der Waals surface area contributed by atoms with Crippen LogP contribution < -0.4 is 11.2 Å². The molecule has 0 aliphatic rings. The summed E-state index contributed by atoms with van der Waals surface area (Å²) in [6.45, 7) is 1.86. The zero-order valence-corrected chi connectivity index (χ0v) is 7.60. The van der Waals surface area contributed by atoms with Gasteiger partial charge < -0.3 is 5.73 Å². The van der Waals surface area contributed by atoms with Crippen molar-refractivity contribution in [3.8, 4) is 0 Å². The van der Waals surface area contributed by atoms with Crippen LogP contribution in [0, 0.1) is 0 Å². The van der Waals surface area contributed by atoms with Gasteiger partial charge in [0, 0.05) is 18.8 Å². The molecule has 0 aliphatic carbocycles. The highest BCUT2D eigenvalue weighted by Crippen LogP contribution is 2.14. The maximum atomic E-state index is 8.41. The Kier molecular flexibility index (Phi) is 2.86. The summed E-state index contributed by atoms with van der Waals surface area (Å²) in [7, 11) is 1.83. The molecule has 6 nitrogen and oxygen atoms in total. The molecule has 0 aliphatic heterocycles. The average Bonchev–Trinajstić information content (AvgIpc) is 2.51. The van der Waals surface area contributed by atoms with E-state index in [4.69, 9.17) is 10.9 Å². The van der Waals surface area contributed by atoms with E-state index in [0.29, 0.717) is 0 Å². The molecule has 0 spiro atoms. The normalized spacial score (nSPS) is 14.2. The van der Waals surface area contributed by atoms with E-state index in [0.717, 1.165) is 5.56 Å². The molecule has 4 N–H and O–H groups in total. The van der Waals surface area contributed by atoms with Crippen LogP contribution in [0.1, 0.15) is 18.5 Å². The monoisotopic (exact) mass is 183 g/mol. The van der Waals surface area contributed by atoms with Crippen LogP contribution in [-0.4, -0.2) is 20.9 Å². The molecule has 1 aromatic rings. The van der Waals surface area contributed by atoms with Crippen molar-refractivity contribution in [3.05, 3.63) is 18.0 Å². The molecule has 0 saturated carbocycles. The predicted molar refractivity (Wildman–Crippen MR) is 48.2 cm³/mol. The lowest BCUT2D eigenvalue weighted by molar-refractivity contribution is 0.232. The van der Waals surface area contributed by atoms with Crippen LogP contribution >= 0.6 is 0 Å². The lowest BCUT2D eigenvalue weighted by Gasteiger charge is -2.03. The van der Waals surface area contributed by atoms with Gasteiger partial charge in [-0.2, -0.15) is 5.10 Å². The standard InChI is InChI=1S/C7H13N5O/c1-5(10-7(8)11-13)6-3-9-12(2)4-6/h3-5,13H,1-2H3,(H3,8,10,11). The fraction of sp³-hybridized carbons (Fsp3) is 0.429. The second-order valence-electron chi connectivity index (χ2n) is 2.75. The number of rotatable bonds is 2. The highest BCUT2D eigenvalue weighted by atomic mass is 16.5. The Morgan fingerprint density at radius 1 is 1.85 bits per heavy atom. The Hall–Kier alpha value is -1.56. The zero-order valence-electron chi connectivity index (χ0n) is 7.60. The largest absolute Gasteiger partial charge is 0.368 e. The summed E-state index contributed by atoms with van der Waals surface area (Å²) in [5.74, 6) is -0.00338. The Bertz CT molecular complexity index is 306. The fourth-order valence-corrected chi connectivity index (χ4v) is 0.968. The third-order valence-corrected chi connectivity index (χ3v) is 1.65. The molecule has 0 amide bonds. The summed E-state index contributed by atoms with van der Waals surface area (Å²) in [6, 6.07) is -0.117. The second kappa shape index (κ2) is 3.90. The van der Waals surface area contributed by atoms with Gasteiger partial charge in [-0.3, -0.25) is 9.89 Å². The van der Waals surface area contributed by atoms with Crippen molar-refractivity contribution in [1.82, 2.24) is 15.3 Å². The van der Waals surface area contributed by atoms with Crippen molar-refractivity contribution in [2.45, 2.75) is 13.0 Å². The highest BCUT2D eigenvalue weighted by Gasteiger charge is 2.05. The zero-order chi connectivity index (χ0) is 9.84. The predicted octanol–water partition coefficient (Wildman–Crippen LogP) is -0.225. The molecule has 0 fully saturated rings. The van der Waals surface area contributed by atoms with E-state index in [2.05, 4.69) is 10.1 Å². The number of nitrogens with zero attached hydrogens (tertiary/aromatic N) is 3. The molecule has 1 aromatic heterocycles. The first kappa shape index (κ1) is 9.53. The third kappa shape index (κ3) is 2.45. The van der Waals surface area contributed by atoms with E-state index in [9.17, 15) is 0 Å². The number of aliphatic imine (C=N–C) groups is 1. The SMILES string of the molecule is CC(N=C(N)NO)c1cnn(C)c1. The van der Waals surface area contributed by atoms with E-state index in [1.165, 1.54) is 0 Å². The lowest BCUT2D eigenvalue weighted by atomic mass is 10.2. The highest BCUT2D eigenvalue weighted by molar-refractivity contribution is 5.76. The average molecular weight is 183 g/mol. The number of guanidine groups is 1. The minimum Gasteiger partial charge on any atom is -0.368 e. The van der Waals surface area contributed by atoms with E-state index in [1.54, 1.807) is 16.4 Å². The van der Waals surface area contributed by atoms with Gasteiger partial charge in [0.2, 0.25) is 5.96 Å². The lowest BCUT2D eigenvalue weighted by Crippen LogP contribution is -2.28. The van der Waals surface area contributed by atoms with Crippen molar-refractivity contribution in [3.63, 3.8) is 0 Å². The van der Waals surface area contributed by atoms with Gasteiger partial charge in [-0.25, -0.2) is 10.5 Å². The summed E-state index contributed by atoms with van der Waals surface area (Å²) in [6.07, 6.45) is 3.55. The first-order chi connectivity index (χ1) is 6.13. The maximum Gasteiger partial charge on any atom is 0.213 e. The number of aromatic nitrogens is 2. The van der Waals surface area contributed by atoms with Crippen molar-refractivity contribution < 1.29 is 5.21 Å². The van der Waals surface area contributed by atoms with Crippen molar-refractivity contribution in [2.24, 2.45) is 17.8 Å². The first-order valence-corrected chi connectivity index (χ1v) is 3.85. The molecule has 13 heavy (non-hydrogen) atoms. The van der Waals surface area contributed by atoms with Crippen molar-refractivity contribution in [1.29, 1.82) is 0 Å². The van der Waals surface area contributed by atoms with Gasteiger partial charge in [0.05, 0.1) is 12.2 Å². The first-order valence-electron chi connectivity index (χ1n) is 3.85. The summed E-state index contributed by atoms with van der Waals surface area (Å²) in [5, 5.41) is 12.4. The number of nitrogens with one attached hydrogen (secondary N) is 1. The van der Waals surface area contributed by atoms with Gasteiger partial charge in [-0.05, 0) is 6.92 Å². The molecule has 0 bridgehead atoms. The molecule has 1 unspecified atom stereocenters. The number of hydroxylamine groups is 1. The van der Waals surface area contributed by atoms with Crippen LogP contribution in [0.2, 0.25) is 0 Å². The molecule has 1 atom stereocenters. The van der Waals surface area contributed by atoms with E-state index in [-0.39, 0.29) is 12.0 Å². The molecule has 0 saturated heterocycles. The summed E-state index contributed by atoms with van der Waals surface area (Å²) >= 11 is 0. The second-order valence-corrected chi connectivity index (χ2v) is 2.75. The van der Waals surface area contributed by atoms with Gasteiger partial charge >= 0.3 is 0 Å². The fourth-order valence-electron chi connectivity index (χ4n) is 0.968. The summed E-state index contributed by atoms with van der Waals surface area (Å²) in [4.78, 5) is 3.96. The maximum absolute atomic E-state index is 8.41. The summed E-state index contributed by atoms with van der Waals surface area (Å²) < 4.78 is 1.68. The van der Waals surface area contributed by atoms with Crippen molar-refractivity contribution in [2.75, 3.05) is 0 Å². The third-order valence-electron chi connectivity index (χ3n) is 1.65. The van der Waals surface area contributed by atoms with Crippen LogP contribution in [0.4, 0.5) is 0 Å². The molecule has 6 heteroatoms. The minimum absolute atomic E-state index is 0.00338. The Labute approximate surface area is 76.0 Å². The number of aryl methyl sites for hydroxylation is 1. The number of hydrogen-bond acceptors (Lipinski definition) is 3. The molecule has 72 valence electrons. The van der Waals surface area contributed by atoms with Crippen LogP contribution in [0.25, 0.3) is 0 Å². The van der Waals surface area contributed by atoms with Crippen molar-refractivity contribution >= 4 is 5.96 Å². The minimum atomic E-state index is -0.117. The molecular formula is C7H13N5O. The Morgan fingerprint density at radius 2 is 2.54 bits per heavy atom. The van der Waals surface area contributed by atoms with Gasteiger partial charge in [0.25, 0.3) is 0 Å².